The van der Waals surface area contributed by atoms with Crippen LogP contribution < -0.4 is 10.1 Å². The molecule has 1 amide bonds. The molecule has 0 saturated carbocycles. The largest absolute Gasteiger partial charge is 0.497 e. The standard InChI is InChI=1S/C26H31N5O6S2/c1-19(32)27-12-4-7-25-28-29-26(31(25)21-5-3-6-22(17-21)36-2)38-18-24(33)20-8-10-23(11-9-20)39(34,35)30-13-15-37-16-14-30/h3,5-6,8-11,17H,4,7,12-16,18H2,1-2H3,(H,27,32). The van der Waals surface area contributed by atoms with Crippen molar-refractivity contribution in [3.05, 3.63) is 59.9 Å². The summed E-state index contributed by atoms with van der Waals surface area (Å²) in [6.45, 7) is 3.33. The SMILES string of the molecule is COc1cccc(-n2c(CCCNC(C)=O)nnc2SCC(=O)c2ccc(S(=O)(=O)N3CCOCC3)cc2)c1. The first-order valence-electron chi connectivity index (χ1n) is 12.5. The zero-order chi connectivity index (χ0) is 27.8. The summed E-state index contributed by atoms with van der Waals surface area (Å²) >= 11 is 1.24. The van der Waals surface area contributed by atoms with E-state index < -0.39 is 10.0 Å². The van der Waals surface area contributed by atoms with Crippen molar-refractivity contribution in [1.29, 1.82) is 0 Å². The first-order chi connectivity index (χ1) is 18.8. The van der Waals surface area contributed by atoms with Gasteiger partial charge in [-0.1, -0.05) is 30.0 Å². The lowest BCUT2D eigenvalue weighted by Crippen LogP contribution is -2.40. The third kappa shape index (κ3) is 7.24. The van der Waals surface area contributed by atoms with Gasteiger partial charge in [0.2, 0.25) is 15.9 Å². The maximum Gasteiger partial charge on any atom is 0.243 e. The maximum atomic E-state index is 13.0. The Bertz CT molecular complexity index is 1400. The number of sulfonamides is 1. The second-order valence-corrected chi connectivity index (χ2v) is 11.7. The van der Waals surface area contributed by atoms with Crippen LogP contribution in [0, 0.1) is 0 Å². The van der Waals surface area contributed by atoms with Gasteiger partial charge in [-0.2, -0.15) is 4.31 Å². The predicted octanol–water partition coefficient (Wildman–Crippen LogP) is 2.34. The fourth-order valence-corrected chi connectivity index (χ4v) is 6.31. The summed E-state index contributed by atoms with van der Waals surface area (Å²) < 4.78 is 39.6. The van der Waals surface area contributed by atoms with Gasteiger partial charge < -0.3 is 14.8 Å². The lowest BCUT2D eigenvalue weighted by atomic mass is 10.1. The number of rotatable bonds is 12. The van der Waals surface area contributed by atoms with Gasteiger partial charge in [-0.05, 0) is 30.7 Å². The highest BCUT2D eigenvalue weighted by atomic mass is 32.2. The number of nitrogens with zero attached hydrogens (tertiary/aromatic N) is 4. The Kier molecular flexibility index (Phi) is 9.73. The molecule has 1 aromatic heterocycles. The van der Waals surface area contributed by atoms with E-state index >= 15 is 0 Å². The number of ether oxygens (including phenoxy) is 2. The summed E-state index contributed by atoms with van der Waals surface area (Å²) in [5, 5.41) is 12.0. The summed E-state index contributed by atoms with van der Waals surface area (Å²) in [6.07, 6.45) is 1.24. The number of thioether (sulfide) groups is 1. The van der Waals surface area contributed by atoms with E-state index in [0.717, 1.165) is 5.69 Å². The van der Waals surface area contributed by atoms with Crippen LogP contribution in [-0.2, 0) is 26.0 Å². The number of morpholine rings is 1. The molecule has 2 heterocycles. The minimum absolute atomic E-state index is 0.0869. The molecule has 1 fully saturated rings. The molecule has 0 spiro atoms. The molecule has 1 aliphatic rings. The topological polar surface area (TPSA) is 133 Å². The van der Waals surface area contributed by atoms with Crippen molar-refractivity contribution in [3.63, 3.8) is 0 Å². The van der Waals surface area contributed by atoms with Gasteiger partial charge in [-0.25, -0.2) is 8.42 Å². The molecule has 208 valence electrons. The number of aryl methyl sites for hydroxylation is 1. The van der Waals surface area contributed by atoms with Gasteiger partial charge in [-0.3, -0.25) is 14.2 Å². The predicted molar refractivity (Wildman–Crippen MR) is 146 cm³/mol. The number of amides is 1. The van der Waals surface area contributed by atoms with Gasteiger partial charge in [0.1, 0.15) is 11.6 Å². The van der Waals surface area contributed by atoms with Crippen molar-refractivity contribution in [1.82, 2.24) is 24.4 Å². The second kappa shape index (κ2) is 13.2. The Balaban J connectivity index is 1.47. The van der Waals surface area contributed by atoms with Crippen LogP contribution in [0.25, 0.3) is 5.69 Å². The monoisotopic (exact) mass is 573 g/mol. The number of Topliss-reactive ketones (excluding diaryl/α,β-unsaturated/α-hetero) is 1. The molecule has 0 aliphatic carbocycles. The average molecular weight is 574 g/mol. The molecular weight excluding hydrogens is 542 g/mol. The molecule has 0 unspecified atom stereocenters. The van der Waals surface area contributed by atoms with Crippen molar-refractivity contribution in [2.24, 2.45) is 0 Å². The smallest absolute Gasteiger partial charge is 0.243 e. The van der Waals surface area contributed by atoms with Gasteiger partial charge in [0.15, 0.2) is 10.9 Å². The number of hydrogen-bond donors (Lipinski definition) is 1. The molecule has 39 heavy (non-hydrogen) atoms. The highest BCUT2D eigenvalue weighted by Crippen LogP contribution is 2.26. The highest BCUT2D eigenvalue weighted by Gasteiger charge is 2.26. The molecule has 0 atom stereocenters. The van der Waals surface area contributed by atoms with E-state index in [9.17, 15) is 18.0 Å². The number of ketones is 1. The Morgan fingerprint density at radius 3 is 2.54 bits per heavy atom. The first-order valence-corrected chi connectivity index (χ1v) is 14.9. The van der Waals surface area contributed by atoms with Crippen molar-refractivity contribution in [3.8, 4) is 11.4 Å². The van der Waals surface area contributed by atoms with E-state index in [0.29, 0.717) is 68.0 Å². The van der Waals surface area contributed by atoms with E-state index in [-0.39, 0.29) is 22.3 Å². The molecule has 11 nitrogen and oxygen atoms in total. The van der Waals surface area contributed by atoms with Crippen LogP contribution in [0.4, 0.5) is 0 Å². The number of carbonyl (C=O) groups is 2. The van der Waals surface area contributed by atoms with E-state index in [1.54, 1.807) is 7.11 Å². The minimum Gasteiger partial charge on any atom is -0.497 e. The van der Waals surface area contributed by atoms with Crippen molar-refractivity contribution < 1.29 is 27.5 Å². The van der Waals surface area contributed by atoms with Gasteiger partial charge in [0.25, 0.3) is 0 Å². The molecule has 1 aliphatic heterocycles. The molecule has 13 heteroatoms. The van der Waals surface area contributed by atoms with E-state index in [1.807, 2.05) is 28.8 Å². The van der Waals surface area contributed by atoms with E-state index in [1.165, 1.54) is 47.3 Å². The third-order valence-corrected chi connectivity index (χ3v) is 8.92. The van der Waals surface area contributed by atoms with Crippen LogP contribution >= 0.6 is 11.8 Å². The number of hydrogen-bond acceptors (Lipinski definition) is 9. The third-order valence-electron chi connectivity index (χ3n) is 6.08. The molecule has 0 radical (unpaired) electrons. The summed E-state index contributed by atoms with van der Waals surface area (Å²) in [6, 6.07) is 13.5. The fourth-order valence-electron chi connectivity index (χ4n) is 4.04. The van der Waals surface area contributed by atoms with Crippen LogP contribution in [0.15, 0.2) is 58.6 Å². The van der Waals surface area contributed by atoms with Gasteiger partial charge in [-0.15, -0.1) is 10.2 Å². The zero-order valence-electron chi connectivity index (χ0n) is 21.8. The van der Waals surface area contributed by atoms with E-state index in [4.69, 9.17) is 9.47 Å². The normalized spacial score (nSPS) is 14.2. The second-order valence-electron chi connectivity index (χ2n) is 8.77. The molecule has 3 aromatic rings. The molecule has 4 rings (SSSR count). The number of methoxy groups -OCH3 is 1. The summed E-state index contributed by atoms with van der Waals surface area (Å²) in [5.41, 5.74) is 1.20. The quantitative estimate of drug-likeness (QED) is 0.197. The van der Waals surface area contributed by atoms with E-state index in [2.05, 4.69) is 15.5 Å². The maximum absolute atomic E-state index is 13.0. The van der Waals surface area contributed by atoms with Crippen LogP contribution in [0.1, 0.15) is 29.5 Å². The van der Waals surface area contributed by atoms with Crippen molar-refractivity contribution in [2.45, 2.75) is 29.8 Å². The zero-order valence-corrected chi connectivity index (χ0v) is 23.5. The number of aromatic nitrogens is 3. The van der Waals surface area contributed by atoms with Crippen LogP contribution in [0.2, 0.25) is 0 Å². The fraction of sp³-hybridized carbons (Fsp3) is 0.385. The molecule has 0 bridgehead atoms. The lowest BCUT2D eigenvalue weighted by Gasteiger charge is -2.26. The van der Waals surface area contributed by atoms with Gasteiger partial charge in [0.05, 0.1) is 36.7 Å². The summed E-state index contributed by atoms with van der Waals surface area (Å²) in [4.78, 5) is 24.3. The first kappa shape index (κ1) is 28.7. The van der Waals surface area contributed by atoms with Crippen molar-refractivity contribution in [2.75, 3.05) is 45.7 Å². The number of benzene rings is 2. The number of nitrogens with one attached hydrogen (secondary N) is 1. The Morgan fingerprint density at radius 1 is 1.10 bits per heavy atom. The average Bonchev–Trinajstić information content (AvgIpc) is 3.37. The van der Waals surface area contributed by atoms with Crippen LogP contribution in [0.3, 0.4) is 0 Å². The Hall–Kier alpha value is -3.26. The summed E-state index contributed by atoms with van der Waals surface area (Å²) in [5.74, 6) is 1.20. The Labute approximate surface area is 231 Å². The molecule has 1 N–H and O–H groups in total. The number of carbonyl (C=O) groups excluding carboxylic acids is 2. The molecule has 1 saturated heterocycles. The van der Waals surface area contributed by atoms with Crippen molar-refractivity contribution >= 4 is 33.5 Å². The minimum atomic E-state index is -3.63. The highest BCUT2D eigenvalue weighted by molar-refractivity contribution is 7.99. The Morgan fingerprint density at radius 2 is 1.85 bits per heavy atom. The molecule has 2 aromatic carbocycles. The van der Waals surface area contributed by atoms with Gasteiger partial charge >= 0.3 is 0 Å². The summed E-state index contributed by atoms with van der Waals surface area (Å²) in [7, 11) is -2.04. The van der Waals surface area contributed by atoms with Crippen LogP contribution in [-0.4, -0.2) is 84.9 Å². The van der Waals surface area contributed by atoms with Gasteiger partial charge in [0, 0.05) is 44.6 Å². The van der Waals surface area contributed by atoms with Crippen LogP contribution in [0.5, 0.6) is 5.75 Å². The lowest BCUT2D eigenvalue weighted by molar-refractivity contribution is -0.118. The molecular formula is C26H31N5O6S2.